The van der Waals surface area contributed by atoms with Gasteiger partial charge in [0.05, 0.1) is 21.5 Å². The molecule has 0 unspecified atom stereocenters. The minimum Gasteiger partial charge on any atom is -0.298 e. The SMILES string of the molecule is CC(C)(C)C(=O)CSc1nnc(-c2ccncc2)n1-c1ccc(Cl)c(Cl)c1. The van der Waals surface area contributed by atoms with Crippen LogP contribution in [0.4, 0.5) is 0 Å². The fraction of sp³-hybridized carbons (Fsp3) is 0.263. The van der Waals surface area contributed by atoms with E-state index in [2.05, 4.69) is 15.2 Å². The van der Waals surface area contributed by atoms with Gasteiger partial charge in [0, 0.05) is 23.4 Å². The van der Waals surface area contributed by atoms with Gasteiger partial charge < -0.3 is 0 Å². The second-order valence-electron chi connectivity index (χ2n) is 6.94. The van der Waals surface area contributed by atoms with Crippen LogP contribution < -0.4 is 0 Å². The number of pyridine rings is 1. The van der Waals surface area contributed by atoms with Crippen LogP contribution >= 0.6 is 35.0 Å². The molecule has 3 rings (SSSR count). The molecule has 0 aliphatic heterocycles. The number of ketones is 1. The average Bonchev–Trinajstić information content (AvgIpc) is 3.06. The van der Waals surface area contributed by atoms with Gasteiger partial charge in [-0.1, -0.05) is 55.7 Å². The molecule has 27 heavy (non-hydrogen) atoms. The van der Waals surface area contributed by atoms with Crippen LogP contribution in [0, 0.1) is 5.41 Å². The largest absolute Gasteiger partial charge is 0.298 e. The third kappa shape index (κ3) is 4.51. The van der Waals surface area contributed by atoms with Crippen molar-refractivity contribution in [2.75, 3.05) is 5.75 Å². The first-order chi connectivity index (χ1) is 12.8. The number of Topliss-reactive ketones (excluding diaryl/α,β-unsaturated/α-hetero) is 1. The zero-order chi connectivity index (χ0) is 19.6. The van der Waals surface area contributed by atoms with Gasteiger partial charge >= 0.3 is 0 Å². The number of rotatable bonds is 5. The number of aromatic nitrogens is 4. The number of carbonyl (C=O) groups is 1. The second kappa shape index (κ2) is 8.00. The number of halogens is 2. The van der Waals surface area contributed by atoms with Gasteiger partial charge in [-0.15, -0.1) is 10.2 Å². The normalized spacial score (nSPS) is 11.6. The van der Waals surface area contributed by atoms with Crippen LogP contribution in [0.5, 0.6) is 0 Å². The molecular weight excluding hydrogens is 403 g/mol. The molecule has 0 spiro atoms. The molecule has 0 saturated carbocycles. The summed E-state index contributed by atoms with van der Waals surface area (Å²) in [6.45, 7) is 5.71. The van der Waals surface area contributed by atoms with E-state index in [4.69, 9.17) is 23.2 Å². The quantitative estimate of drug-likeness (QED) is 0.520. The lowest BCUT2D eigenvalue weighted by Gasteiger charge is -2.16. The predicted octanol–water partition coefficient (Wildman–Crippen LogP) is 5.34. The summed E-state index contributed by atoms with van der Waals surface area (Å²) in [7, 11) is 0. The number of hydrogen-bond acceptors (Lipinski definition) is 5. The van der Waals surface area contributed by atoms with Crippen LogP contribution in [-0.4, -0.2) is 31.3 Å². The van der Waals surface area contributed by atoms with Crippen LogP contribution in [0.1, 0.15) is 20.8 Å². The molecule has 0 fully saturated rings. The monoisotopic (exact) mass is 420 g/mol. The third-order valence-electron chi connectivity index (χ3n) is 3.90. The minimum atomic E-state index is -0.407. The van der Waals surface area contributed by atoms with E-state index in [1.165, 1.54) is 11.8 Å². The van der Waals surface area contributed by atoms with Crippen molar-refractivity contribution in [3.05, 3.63) is 52.8 Å². The number of nitrogens with zero attached hydrogens (tertiary/aromatic N) is 4. The Morgan fingerprint density at radius 1 is 1.07 bits per heavy atom. The molecule has 3 aromatic rings. The van der Waals surface area contributed by atoms with Gasteiger partial charge in [0.1, 0.15) is 5.78 Å². The standard InChI is InChI=1S/C19H18Cl2N4OS/c1-19(2,3)16(26)11-27-18-24-23-17(12-6-8-22-9-7-12)25(18)13-4-5-14(20)15(21)10-13/h4-10H,11H2,1-3H3. The Bertz CT molecular complexity index is 968. The molecule has 0 atom stereocenters. The molecule has 2 aromatic heterocycles. The van der Waals surface area contributed by atoms with Crippen LogP contribution in [0.25, 0.3) is 17.1 Å². The van der Waals surface area contributed by atoms with Crippen LogP contribution in [0.15, 0.2) is 47.9 Å². The van der Waals surface area contributed by atoms with Crippen molar-refractivity contribution in [3.8, 4) is 17.1 Å². The van der Waals surface area contributed by atoms with E-state index >= 15 is 0 Å². The van der Waals surface area contributed by atoms with Crippen molar-refractivity contribution in [2.24, 2.45) is 5.41 Å². The molecule has 0 amide bonds. The molecule has 140 valence electrons. The Hall–Kier alpha value is -1.89. The second-order valence-corrected chi connectivity index (χ2v) is 8.69. The van der Waals surface area contributed by atoms with Crippen molar-refractivity contribution in [1.82, 2.24) is 19.7 Å². The fourth-order valence-electron chi connectivity index (χ4n) is 2.25. The molecule has 1 aromatic carbocycles. The minimum absolute atomic E-state index is 0.140. The van der Waals surface area contributed by atoms with Crippen LogP contribution in [0.3, 0.4) is 0 Å². The summed E-state index contributed by atoms with van der Waals surface area (Å²) in [6.07, 6.45) is 3.39. The van der Waals surface area contributed by atoms with E-state index in [1.54, 1.807) is 24.5 Å². The molecule has 8 heteroatoms. The van der Waals surface area contributed by atoms with E-state index in [0.717, 1.165) is 11.3 Å². The molecular formula is C19H18Cl2N4OS. The summed E-state index contributed by atoms with van der Waals surface area (Å²) in [4.78, 5) is 16.4. The summed E-state index contributed by atoms with van der Waals surface area (Å²) in [5.74, 6) is 1.09. The van der Waals surface area contributed by atoms with Crippen molar-refractivity contribution >= 4 is 40.7 Å². The molecule has 5 nitrogen and oxygen atoms in total. The van der Waals surface area contributed by atoms with Crippen molar-refractivity contribution in [2.45, 2.75) is 25.9 Å². The molecule has 0 saturated heterocycles. The first-order valence-corrected chi connectivity index (χ1v) is 9.99. The summed E-state index contributed by atoms with van der Waals surface area (Å²) >= 11 is 13.6. The van der Waals surface area contributed by atoms with Gasteiger partial charge in [0.25, 0.3) is 0 Å². The number of hydrogen-bond donors (Lipinski definition) is 0. The summed E-state index contributed by atoms with van der Waals surface area (Å²) < 4.78 is 1.87. The van der Waals surface area contributed by atoms with E-state index in [0.29, 0.717) is 26.8 Å². The first-order valence-electron chi connectivity index (χ1n) is 8.24. The Kier molecular flexibility index (Phi) is 5.89. The fourth-order valence-corrected chi connectivity index (χ4v) is 3.66. The van der Waals surface area contributed by atoms with Crippen molar-refractivity contribution in [1.29, 1.82) is 0 Å². The van der Waals surface area contributed by atoms with Gasteiger partial charge in [-0.25, -0.2) is 0 Å². The Morgan fingerprint density at radius 3 is 2.41 bits per heavy atom. The summed E-state index contributed by atoms with van der Waals surface area (Å²) in [6, 6.07) is 9.04. The van der Waals surface area contributed by atoms with E-state index in [9.17, 15) is 4.79 Å². The molecule has 0 aliphatic rings. The van der Waals surface area contributed by atoms with Gasteiger partial charge in [0.2, 0.25) is 0 Å². The molecule has 0 bridgehead atoms. The molecule has 2 heterocycles. The van der Waals surface area contributed by atoms with Crippen molar-refractivity contribution < 1.29 is 4.79 Å². The smallest absolute Gasteiger partial charge is 0.196 e. The molecule has 0 aliphatic carbocycles. The van der Waals surface area contributed by atoms with Crippen LogP contribution in [-0.2, 0) is 4.79 Å². The van der Waals surface area contributed by atoms with Crippen LogP contribution in [0.2, 0.25) is 10.0 Å². The Labute approximate surface area is 172 Å². The number of thioether (sulfide) groups is 1. The zero-order valence-corrected chi connectivity index (χ0v) is 17.4. The highest BCUT2D eigenvalue weighted by molar-refractivity contribution is 7.99. The zero-order valence-electron chi connectivity index (χ0n) is 15.1. The highest BCUT2D eigenvalue weighted by atomic mass is 35.5. The molecule has 0 radical (unpaired) electrons. The predicted molar refractivity (Wildman–Crippen MR) is 110 cm³/mol. The van der Waals surface area contributed by atoms with Gasteiger partial charge in [0.15, 0.2) is 11.0 Å². The highest BCUT2D eigenvalue weighted by Gasteiger charge is 2.23. The maximum absolute atomic E-state index is 12.3. The van der Waals surface area contributed by atoms with E-state index < -0.39 is 5.41 Å². The highest BCUT2D eigenvalue weighted by Crippen LogP contribution is 2.32. The average molecular weight is 421 g/mol. The lowest BCUT2D eigenvalue weighted by molar-refractivity contribution is -0.123. The topological polar surface area (TPSA) is 60.7 Å². The summed E-state index contributed by atoms with van der Waals surface area (Å²) in [5.41, 5.74) is 1.22. The Balaban J connectivity index is 2.05. The first kappa shape index (κ1) is 19.9. The lowest BCUT2D eigenvalue weighted by Crippen LogP contribution is -2.22. The Morgan fingerprint density at radius 2 is 1.78 bits per heavy atom. The third-order valence-corrected chi connectivity index (χ3v) is 5.57. The maximum Gasteiger partial charge on any atom is 0.196 e. The number of benzene rings is 1. The number of carbonyl (C=O) groups excluding carboxylic acids is 1. The lowest BCUT2D eigenvalue weighted by atomic mass is 9.92. The van der Waals surface area contributed by atoms with Gasteiger partial charge in [-0.2, -0.15) is 0 Å². The van der Waals surface area contributed by atoms with Crippen molar-refractivity contribution in [3.63, 3.8) is 0 Å². The van der Waals surface area contributed by atoms with E-state index in [1.807, 2.05) is 43.5 Å². The van der Waals surface area contributed by atoms with Gasteiger partial charge in [-0.05, 0) is 30.3 Å². The summed E-state index contributed by atoms with van der Waals surface area (Å²) in [5, 5.41) is 10.1. The van der Waals surface area contributed by atoms with E-state index in [-0.39, 0.29) is 5.78 Å². The molecule has 0 N–H and O–H groups in total. The van der Waals surface area contributed by atoms with Gasteiger partial charge in [-0.3, -0.25) is 14.3 Å². The maximum atomic E-state index is 12.3.